The molecule has 1 atom stereocenters. The van der Waals surface area contributed by atoms with Crippen LogP contribution in [0, 0.1) is 0 Å². The highest BCUT2D eigenvalue weighted by Gasteiger charge is 2.05. The molecule has 0 amide bonds. The average Bonchev–Trinajstić information content (AvgIpc) is 2.17. The van der Waals surface area contributed by atoms with Crippen molar-refractivity contribution < 1.29 is 9.00 Å². The van der Waals surface area contributed by atoms with Gasteiger partial charge in [-0.2, -0.15) is 0 Å². The number of Topliss-reactive ketones (excluding diaryl/α,β-unsaturated/α-hetero) is 1. The van der Waals surface area contributed by atoms with Crippen molar-refractivity contribution in [2.24, 2.45) is 0 Å². The molecule has 0 aromatic heterocycles. The number of benzene rings is 1. The molecule has 14 heavy (non-hydrogen) atoms. The molecule has 0 N–H and O–H groups in total. The van der Waals surface area contributed by atoms with Gasteiger partial charge in [0.2, 0.25) is 0 Å². The Balaban J connectivity index is 2.76. The Morgan fingerprint density at radius 1 is 1.29 bits per heavy atom. The van der Waals surface area contributed by atoms with Crippen molar-refractivity contribution in [3.63, 3.8) is 0 Å². The fourth-order valence-electron chi connectivity index (χ4n) is 1.14. The topological polar surface area (TPSA) is 34.1 Å². The van der Waals surface area contributed by atoms with E-state index in [0.29, 0.717) is 0 Å². The third-order valence-electron chi connectivity index (χ3n) is 1.93. The minimum absolute atomic E-state index is 0.0390. The third kappa shape index (κ3) is 3.07. The molecule has 1 aromatic rings. The molecule has 0 aliphatic heterocycles. The van der Waals surface area contributed by atoms with Crippen LogP contribution >= 0.6 is 0 Å². The molecule has 0 spiro atoms. The lowest BCUT2D eigenvalue weighted by molar-refractivity contribution is -0.114. The quantitative estimate of drug-likeness (QED) is 0.761. The van der Waals surface area contributed by atoms with Crippen LogP contribution in [0.15, 0.2) is 29.2 Å². The van der Waals surface area contributed by atoms with Gasteiger partial charge in [-0.3, -0.25) is 9.00 Å². The molecule has 0 saturated heterocycles. The second-order valence-corrected chi connectivity index (χ2v) is 4.64. The first kappa shape index (κ1) is 11.1. The predicted octanol–water partition coefficient (Wildman–Crippen LogP) is 1.95. The van der Waals surface area contributed by atoms with E-state index in [2.05, 4.69) is 6.92 Å². The van der Waals surface area contributed by atoms with Gasteiger partial charge in [0.15, 0.2) is 0 Å². The predicted molar refractivity (Wildman–Crippen MR) is 57.8 cm³/mol. The van der Waals surface area contributed by atoms with Gasteiger partial charge in [0, 0.05) is 4.90 Å². The maximum Gasteiger partial charge on any atom is 0.142 e. The van der Waals surface area contributed by atoms with Gasteiger partial charge < -0.3 is 0 Å². The number of aryl methyl sites for hydroxylation is 1. The summed E-state index contributed by atoms with van der Waals surface area (Å²) in [7, 11) is -1.17. The summed E-state index contributed by atoms with van der Waals surface area (Å²) in [6.07, 6.45) is 0.972. The minimum Gasteiger partial charge on any atom is -0.299 e. The van der Waals surface area contributed by atoms with Crippen LogP contribution in [0.1, 0.15) is 19.4 Å². The summed E-state index contributed by atoms with van der Waals surface area (Å²) in [6, 6.07) is 7.57. The van der Waals surface area contributed by atoms with E-state index in [1.165, 1.54) is 12.5 Å². The molecule has 2 nitrogen and oxygen atoms in total. The fourth-order valence-corrected chi connectivity index (χ4v) is 2.12. The number of hydrogen-bond acceptors (Lipinski definition) is 2. The Hall–Kier alpha value is -0.960. The molecule has 1 aromatic carbocycles. The van der Waals surface area contributed by atoms with Gasteiger partial charge in [0.05, 0.1) is 16.6 Å². The standard InChI is InChI=1S/C11H14O2S/c1-3-10-4-6-11(7-5-10)14(13)8-9(2)12/h4-7H,3,8H2,1-2H3. The average molecular weight is 210 g/mol. The summed E-state index contributed by atoms with van der Waals surface area (Å²) in [5, 5.41) is 0. The van der Waals surface area contributed by atoms with Crippen LogP contribution in [0.3, 0.4) is 0 Å². The van der Waals surface area contributed by atoms with Gasteiger partial charge in [-0.1, -0.05) is 19.1 Å². The first-order valence-corrected chi connectivity index (χ1v) is 5.92. The molecule has 0 heterocycles. The van der Waals surface area contributed by atoms with Gasteiger partial charge in [0.1, 0.15) is 5.78 Å². The Bertz CT molecular complexity index is 341. The lowest BCUT2D eigenvalue weighted by atomic mass is 10.2. The molecular formula is C11H14O2S. The van der Waals surface area contributed by atoms with Crippen molar-refractivity contribution in [2.75, 3.05) is 5.75 Å². The van der Waals surface area contributed by atoms with Crippen molar-refractivity contribution in [1.29, 1.82) is 0 Å². The first-order chi connectivity index (χ1) is 6.63. The molecule has 0 radical (unpaired) electrons. The zero-order chi connectivity index (χ0) is 10.6. The van der Waals surface area contributed by atoms with Gasteiger partial charge in [-0.05, 0) is 31.0 Å². The van der Waals surface area contributed by atoms with Gasteiger partial charge >= 0.3 is 0 Å². The zero-order valence-electron chi connectivity index (χ0n) is 8.45. The lowest BCUT2D eigenvalue weighted by Crippen LogP contribution is -2.06. The van der Waals surface area contributed by atoms with Crippen LogP contribution in [-0.4, -0.2) is 15.7 Å². The summed E-state index contributed by atoms with van der Waals surface area (Å²) in [5.74, 6) is 0.0776. The van der Waals surface area contributed by atoms with Crippen LogP contribution in [0.2, 0.25) is 0 Å². The van der Waals surface area contributed by atoms with E-state index in [4.69, 9.17) is 0 Å². The second-order valence-electron chi connectivity index (χ2n) is 3.19. The van der Waals surface area contributed by atoms with Gasteiger partial charge in [-0.25, -0.2) is 0 Å². The Morgan fingerprint density at radius 3 is 2.29 bits per heavy atom. The first-order valence-electron chi connectivity index (χ1n) is 4.60. The Morgan fingerprint density at radius 2 is 1.86 bits per heavy atom. The zero-order valence-corrected chi connectivity index (χ0v) is 9.26. The van der Waals surface area contributed by atoms with Crippen molar-refractivity contribution in [1.82, 2.24) is 0 Å². The minimum atomic E-state index is -1.17. The van der Waals surface area contributed by atoms with Crippen LogP contribution in [0.5, 0.6) is 0 Å². The van der Waals surface area contributed by atoms with Crippen molar-refractivity contribution in [3.05, 3.63) is 29.8 Å². The highest BCUT2D eigenvalue weighted by Crippen LogP contribution is 2.09. The van der Waals surface area contributed by atoms with Gasteiger partial charge in [-0.15, -0.1) is 0 Å². The molecule has 3 heteroatoms. The normalized spacial score (nSPS) is 12.4. The van der Waals surface area contributed by atoms with Crippen LogP contribution in [0.4, 0.5) is 0 Å². The van der Waals surface area contributed by atoms with Crippen LogP contribution in [0.25, 0.3) is 0 Å². The van der Waals surface area contributed by atoms with Crippen molar-refractivity contribution in [3.8, 4) is 0 Å². The molecule has 76 valence electrons. The second kappa shape index (κ2) is 5.05. The number of carbonyl (C=O) groups excluding carboxylic acids is 1. The van der Waals surface area contributed by atoms with E-state index in [9.17, 15) is 9.00 Å². The smallest absolute Gasteiger partial charge is 0.142 e. The van der Waals surface area contributed by atoms with Gasteiger partial charge in [0.25, 0.3) is 0 Å². The van der Waals surface area contributed by atoms with Crippen molar-refractivity contribution in [2.45, 2.75) is 25.2 Å². The van der Waals surface area contributed by atoms with E-state index in [1.807, 2.05) is 24.3 Å². The van der Waals surface area contributed by atoms with E-state index in [-0.39, 0.29) is 11.5 Å². The number of hydrogen-bond donors (Lipinski definition) is 0. The molecule has 0 aliphatic carbocycles. The largest absolute Gasteiger partial charge is 0.299 e. The maximum absolute atomic E-state index is 11.5. The molecule has 0 saturated carbocycles. The molecule has 0 aliphatic rings. The van der Waals surface area contributed by atoms with E-state index in [0.717, 1.165) is 11.3 Å². The maximum atomic E-state index is 11.5. The van der Waals surface area contributed by atoms with Crippen LogP contribution < -0.4 is 0 Å². The molecule has 0 bridgehead atoms. The molecule has 1 rings (SSSR count). The van der Waals surface area contributed by atoms with E-state index in [1.54, 1.807) is 0 Å². The molecule has 0 fully saturated rings. The highest BCUT2D eigenvalue weighted by molar-refractivity contribution is 7.85. The monoisotopic (exact) mass is 210 g/mol. The number of rotatable bonds is 4. The molecule has 1 unspecified atom stereocenters. The fraction of sp³-hybridized carbons (Fsp3) is 0.364. The molecular weight excluding hydrogens is 196 g/mol. The number of ketones is 1. The summed E-state index contributed by atoms with van der Waals surface area (Å²) in [4.78, 5) is 11.5. The summed E-state index contributed by atoms with van der Waals surface area (Å²) >= 11 is 0. The summed E-state index contributed by atoms with van der Waals surface area (Å²) in [6.45, 7) is 3.53. The van der Waals surface area contributed by atoms with Crippen LogP contribution in [-0.2, 0) is 22.0 Å². The highest BCUT2D eigenvalue weighted by atomic mass is 32.2. The Labute approximate surface area is 86.8 Å². The lowest BCUT2D eigenvalue weighted by Gasteiger charge is -2.01. The SMILES string of the molecule is CCc1ccc(S(=O)CC(C)=O)cc1. The number of carbonyl (C=O) groups is 1. The summed E-state index contributed by atoms with van der Waals surface area (Å²) < 4.78 is 11.5. The van der Waals surface area contributed by atoms with Crippen molar-refractivity contribution >= 4 is 16.6 Å². The van der Waals surface area contributed by atoms with E-state index >= 15 is 0 Å². The third-order valence-corrected chi connectivity index (χ3v) is 3.40. The Kier molecular flexibility index (Phi) is 4.01. The van der Waals surface area contributed by atoms with E-state index < -0.39 is 10.8 Å². The summed E-state index contributed by atoms with van der Waals surface area (Å²) in [5.41, 5.74) is 1.22.